The van der Waals surface area contributed by atoms with Gasteiger partial charge < -0.3 is 5.11 Å². The first-order chi connectivity index (χ1) is 19.1. The number of aliphatic imine (C=N–C) groups is 1. The second-order valence-corrected chi connectivity index (χ2v) is 9.09. The average molecular weight is 617 g/mol. The van der Waals surface area contributed by atoms with E-state index in [1.54, 1.807) is 5.48 Å². The molecular weight excluding hydrogens is 601 g/mol. The van der Waals surface area contributed by atoms with Crippen LogP contribution in [0, 0.1) is 5.82 Å². The van der Waals surface area contributed by atoms with Gasteiger partial charge in [-0.15, -0.1) is 11.8 Å². The Morgan fingerprint density at radius 2 is 1.76 bits per heavy atom. The smallest absolute Gasteiger partial charge is 0.368 e. The van der Waals surface area contributed by atoms with Crippen LogP contribution in [0.1, 0.15) is 46.6 Å². The number of hydrogen-bond acceptors (Lipinski definition) is 9. The molecule has 0 aliphatic carbocycles. The molecule has 0 spiro atoms. The summed E-state index contributed by atoms with van der Waals surface area (Å²) in [5.41, 5.74) is -6.87. The van der Waals surface area contributed by atoms with Crippen LogP contribution in [-0.4, -0.2) is 55.3 Å². The van der Waals surface area contributed by atoms with Crippen molar-refractivity contribution in [3.8, 4) is 0 Å². The van der Waals surface area contributed by atoms with Gasteiger partial charge in [0, 0.05) is 23.9 Å². The zero-order valence-corrected chi connectivity index (χ0v) is 20.8. The highest BCUT2D eigenvalue weighted by atomic mass is 32.2. The molecule has 0 fully saturated rings. The summed E-state index contributed by atoms with van der Waals surface area (Å²) in [4.78, 5) is 19.2. The maximum atomic E-state index is 13.5. The van der Waals surface area contributed by atoms with E-state index in [9.17, 15) is 54.6 Å². The molecule has 3 N–H and O–H groups in total. The molecule has 2 aromatic heterocycles. The number of aromatic nitrogens is 3. The number of nitrogens with one attached hydrogen (secondary N) is 1. The van der Waals surface area contributed by atoms with Gasteiger partial charge >= 0.3 is 12.4 Å². The van der Waals surface area contributed by atoms with Crippen molar-refractivity contribution < 1.29 is 59.3 Å². The second-order valence-electron chi connectivity index (χ2n) is 8.01. The van der Waals surface area contributed by atoms with Crippen LogP contribution >= 0.6 is 11.8 Å². The quantitative estimate of drug-likeness (QED) is 0.0501. The van der Waals surface area contributed by atoms with Crippen molar-refractivity contribution in [3.63, 3.8) is 0 Å². The molecule has 0 aliphatic rings. The maximum Gasteiger partial charge on any atom is 0.432 e. The van der Waals surface area contributed by atoms with Gasteiger partial charge in [-0.3, -0.25) is 20.5 Å². The first-order valence-electron chi connectivity index (χ1n) is 11.0. The number of hydrogen-bond donors (Lipinski definition) is 3. The van der Waals surface area contributed by atoms with Crippen LogP contribution in [0.25, 0.3) is 0 Å². The summed E-state index contributed by atoms with van der Waals surface area (Å²) in [7, 11) is 0. The monoisotopic (exact) mass is 617 g/mol. The van der Waals surface area contributed by atoms with E-state index in [-0.39, 0.29) is 46.6 Å². The number of amidine groups is 1. The Morgan fingerprint density at radius 1 is 1.07 bits per heavy atom. The van der Waals surface area contributed by atoms with Crippen molar-refractivity contribution >= 4 is 29.1 Å². The van der Waals surface area contributed by atoms with E-state index in [1.807, 2.05) is 0 Å². The topological polar surface area (TPSA) is 134 Å². The Hall–Kier alpha value is -3.71. The molecule has 222 valence electrons. The number of alkyl halides is 8. The molecule has 0 unspecified atom stereocenters. The van der Waals surface area contributed by atoms with Gasteiger partial charge in [-0.05, 0) is 47.1 Å². The minimum atomic E-state index is -6.13. The fourth-order valence-corrected chi connectivity index (χ4v) is 4.06. The highest BCUT2D eigenvalue weighted by Crippen LogP contribution is 2.49. The summed E-state index contributed by atoms with van der Waals surface area (Å²) in [6.07, 6.45) is -15.0. The number of pyridine rings is 1. The van der Waals surface area contributed by atoms with E-state index in [2.05, 4.69) is 24.9 Å². The number of benzene rings is 1. The van der Waals surface area contributed by atoms with E-state index in [1.165, 1.54) is 0 Å². The lowest BCUT2D eigenvalue weighted by Crippen LogP contribution is -2.54. The van der Waals surface area contributed by atoms with Gasteiger partial charge in [0.2, 0.25) is 0 Å². The number of Topliss-reactive ketones (excluding diaryl/α,β-unsaturated/α-hetero) is 1. The molecule has 0 aliphatic heterocycles. The summed E-state index contributed by atoms with van der Waals surface area (Å²) in [5, 5.41) is 26.0. The minimum absolute atomic E-state index is 0.0264. The fraction of sp³-hybridized carbons (Fsp3) is 0.318. The van der Waals surface area contributed by atoms with Crippen LogP contribution in [0.3, 0.4) is 0 Å². The van der Waals surface area contributed by atoms with E-state index >= 15 is 0 Å². The number of rotatable bonds is 10. The molecule has 3 rings (SSSR count). The number of nitrogens with zero attached hydrogens (tertiary/aromatic N) is 4. The highest BCUT2D eigenvalue weighted by molar-refractivity contribution is 7.99. The zero-order valence-electron chi connectivity index (χ0n) is 20.0. The number of ketones is 1. The molecule has 9 nitrogen and oxygen atoms in total. The van der Waals surface area contributed by atoms with E-state index in [0.717, 1.165) is 30.0 Å². The molecule has 41 heavy (non-hydrogen) atoms. The van der Waals surface area contributed by atoms with E-state index < -0.39 is 53.1 Å². The van der Waals surface area contributed by atoms with Crippen LogP contribution in [-0.2, 0) is 5.60 Å². The maximum absolute atomic E-state index is 13.5. The van der Waals surface area contributed by atoms with Crippen molar-refractivity contribution in [1.29, 1.82) is 0 Å². The molecule has 0 radical (unpaired) electrons. The van der Waals surface area contributed by atoms with Crippen LogP contribution in [0.15, 0.2) is 51.2 Å². The van der Waals surface area contributed by atoms with E-state index in [0.29, 0.717) is 12.3 Å². The number of aliphatic hydroxyl groups is 1. The van der Waals surface area contributed by atoms with Gasteiger partial charge in [0.1, 0.15) is 5.82 Å². The lowest BCUT2D eigenvalue weighted by molar-refractivity contribution is -0.377. The number of halogens is 9. The van der Waals surface area contributed by atoms with Gasteiger partial charge in [-0.25, -0.2) is 22.8 Å². The fourth-order valence-electron chi connectivity index (χ4n) is 3.22. The van der Waals surface area contributed by atoms with Gasteiger partial charge in [0.05, 0.1) is 16.9 Å². The molecule has 0 atom stereocenters. The Balaban J connectivity index is 1.64. The lowest BCUT2D eigenvalue weighted by atomic mass is 9.96. The third-order valence-electron chi connectivity index (χ3n) is 5.31. The molecule has 1 aromatic carbocycles. The largest absolute Gasteiger partial charge is 0.432 e. The summed E-state index contributed by atoms with van der Waals surface area (Å²) < 4.78 is 122. The van der Waals surface area contributed by atoms with Crippen LogP contribution in [0.2, 0.25) is 0 Å². The minimum Gasteiger partial charge on any atom is -0.368 e. The lowest BCUT2D eigenvalue weighted by Gasteiger charge is -2.31. The molecule has 0 saturated carbocycles. The van der Waals surface area contributed by atoms with Gasteiger partial charge in [-0.1, -0.05) is 0 Å². The first-order valence-corrected chi connectivity index (χ1v) is 12.0. The Labute approximate surface area is 227 Å². The molecule has 0 saturated heterocycles. The predicted molar refractivity (Wildman–Crippen MR) is 121 cm³/mol. The van der Waals surface area contributed by atoms with E-state index in [4.69, 9.17) is 0 Å². The molecule has 19 heteroatoms. The van der Waals surface area contributed by atoms with Crippen LogP contribution < -0.4 is 5.48 Å². The van der Waals surface area contributed by atoms with Crippen LogP contribution in [0.4, 0.5) is 45.2 Å². The highest BCUT2D eigenvalue weighted by Gasteiger charge is 2.72. The second kappa shape index (κ2) is 12.4. The number of carbonyl (C=O) groups excluding carboxylic acids is 1. The van der Waals surface area contributed by atoms with Gasteiger partial charge in [0.15, 0.2) is 22.3 Å². The van der Waals surface area contributed by atoms with Crippen molar-refractivity contribution in [2.45, 2.75) is 42.2 Å². The molecule has 3 aromatic rings. The summed E-state index contributed by atoms with van der Waals surface area (Å²) in [5.74, 6) is -2.12. The summed E-state index contributed by atoms with van der Waals surface area (Å²) in [6.45, 7) is 0. The van der Waals surface area contributed by atoms with Crippen LogP contribution in [0.5, 0.6) is 0 Å². The van der Waals surface area contributed by atoms with Gasteiger partial charge in [0.25, 0.3) is 12.0 Å². The van der Waals surface area contributed by atoms with Crippen molar-refractivity contribution in [2.24, 2.45) is 4.99 Å². The Bertz CT molecular complexity index is 1380. The predicted octanol–water partition coefficient (Wildman–Crippen LogP) is 5.67. The van der Waals surface area contributed by atoms with Gasteiger partial charge in [-0.2, -0.15) is 26.3 Å². The molecule has 0 bridgehead atoms. The number of thioether (sulfide) groups is 1. The normalized spacial score (nSPS) is 13.1. The standard InChI is InChI=1S/C22H16F9N5O4S/c23-13-5-4-11(8-12(13)17(24)25)33-18(34-39)16-19(36-40-35-16)41-7-1-2-14(37)10-3-6-15(32-9-10)20(38,21(26,27)28)22(29,30)31/h3-6,8-9,17,38-39H,1-2,7H2,(H,33,34). The number of carbonyl (C=O) groups is 1. The van der Waals surface area contributed by atoms with Crippen molar-refractivity contribution in [2.75, 3.05) is 5.75 Å². The first kappa shape index (κ1) is 31.8. The average Bonchev–Trinajstić information content (AvgIpc) is 3.37. The SMILES string of the molecule is O=C(CCCSc1nonc1C(=Nc1ccc(F)c(C(F)F)c1)NO)c1ccc(C(O)(C(F)(F)F)C(F)(F)F)nc1. The summed E-state index contributed by atoms with van der Waals surface area (Å²) >= 11 is 0.937. The number of hydroxylamine groups is 1. The third kappa shape index (κ3) is 6.96. The third-order valence-corrected chi connectivity index (χ3v) is 6.34. The van der Waals surface area contributed by atoms with Crippen molar-refractivity contribution in [1.82, 2.24) is 20.8 Å². The molecular formula is C22H16F9N5O4S. The Morgan fingerprint density at radius 3 is 2.32 bits per heavy atom. The molecule has 0 amide bonds. The Kier molecular flexibility index (Phi) is 9.65. The molecule has 2 heterocycles. The zero-order chi connectivity index (χ0) is 30.6. The summed E-state index contributed by atoms with van der Waals surface area (Å²) in [6, 6.07) is 3.48. The van der Waals surface area contributed by atoms with Crippen molar-refractivity contribution in [3.05, 3.63) is 64.9 Å².